The molecule has 0 bridgehead atoms. The smallest absolute Gasteiger partial charge is 0.246 e. The number of carbonyl (C=O) groups is 1. The molecule has 0 spiro atoms. The van der Waals surface area contributed by atoms with Crippen molar-refractivity contribution in [1.29, 1.82) is 0 Å². The highest BCUT2D eigenvalue weighted by molar-refractivity contribution is 7.89. The molecule has 0 N–H and O–H groups in total. The molecule has 7 rings (SSSR count). The Morgan fingerprint density at radius 3 is 2.50 bits per heavy atom. The number of halogens is 1. The van der Waals surface area contributed by atoms with E-state index in [1.807, 2.05) is 38.3 Å². The maximum absolute atomic E-state index is 14.6. The fourth-order valence-electron chi connectivity index (χ4n) is 6.97. The number of nitrogens with zero attached hydrogens (tertiary/aromatic N) is 6. The molecule has 4 aromatic rings. The highest BCUT2D eigenvalue weighted by Crippen LogP contribution is 2.51. The number of rotatable bonds is 9. The van der Waals surface area contributed by atoms with Crippen molar-refractivity contribution in [2.75, 3.05) is 6.54 Å². The van der Waals surface area contributed by atoms with Crippen molar-refractivity contribution in [3.63, 3.8) is 0 Å². The minimum absolute atomic E-state index is 0.0942. The summed E-state index contributed by atoms with van der Waals surface area (Å²) in [4.78, 5) is 19.4. The van der Waals surface area contributed by atoms with E-state index in [0.29, 0.717) is 43.8 Å². The number of allylic oxidation sites excluding steroid dienone is 1. The molecule has 0 amide bonds. The molecule has 2 fully saturated rings. The number of hydrogen-bond acceptors (Lipinski definition) is 6. The Hall–Kier alpha value is -3.96. The number of benzene rings is 1. The van der Waals surface area contributed by atoms with Gasteiger partial charge in [-0.1, -0.05) is 18.6 Å². The van der Waals surface area contributed by atoms with Gasteiger partial charge < -0.3 is 0 Å². The Morgan fingerprint density at radius 1 is 1.05 bits per heavy atom. The molecule has 2 saturated carbocycles. The summed E-state index contributed by atoms with van der Waals surface area (Å²) in [5.74, 6) is 0.103. The number of pyridine rings is 1. The first kappa shape index (κ1) is 28.8. The van der Waals surface area contributed by atoms with Gasteiger partial charge in [0.25, 0.3) is 0 Å². The standard InChI is InChI=1S/C33H35FN6O3S/c1-3-38-21-29(20-36-38)44(42,43)39(4-2)28-11-8-25-15-31-24(19-37-40(31)27-12-9-26(34)10-13-27)16-33(25,17-28)32(41)30-14-7-23(18-35-30)22-5-6-22/h7,9-10,12-15,18-22,28H,3-6,8,11,16-17H2,1-2H3/t28-,33-/m0/s1. The number of fused-ring (bicyclic) bond motifs is 2. The second kappa shape index (κ2) is 10.9. The summed E-state index contributed by atoms with van der Waals surface area (Å²) in [5.41, 5.74) is 4.00. The predicted octanol–water partition coefficient (Wildman–Crippen LogP) is 5.57. The first-order chi connectivity index (χ1) is 21.2. The number of sulfonamides is 1. The fraction of sp³-hybridized carbons (Fsp3) is 0.394. The Bertz CT molecular complexity index is 1860. The Labute approximate surface area is 256 Å². The third kappa shape index (κ3) is 4.82. The molecule has 0 aliphatic heterocycles. The van der Waals surface area contributed by atoms with Crippen LogP contribution in [-0.4, -0.2) is 55.6 Å². The molecule has 3 aliphatic carbocycles. The highest BCUT2D eigenvalue weighted by Gasteiger charge is 2.51. The summed E-state index contributed by atoms with van der Waals surface area (Å²) in [6.07, 6.45) is 12.7. The number of Topliss-reactive ketones (excluding diaryl/α,β-unsaturated/α-hetero) is 1. The Kier molecular flexibility index (Phi) is 7.12. The van der Waals surface area contributed by atoms with Gasteiger partial charge in [0.05, 0.1) is 29.2 Å². The molecule has 228 valence electrons. The average Bonchev–Trinajstić information content (AvgIpc) is 3.62. The minimum atomic E-state index is -3.84. The largest absolute Gasteiger partial charge is 0.291 e. The summed E-state index contributed by atoms with van der Waals surface area (Å²) in [6.45, 7) is 4.59. The van der Waals surface area contributed by atoms with Crippen molar-refractivity contribution in [1.82, 2.24) is 28.9 Å². The average molecular weight is 615 g/mol. The molecular weight excluding hydrogens is 579 g/mol. The first-order valence-corrected chi connectivity index (χ1v) is 16.8. The second-order valence-corrected chi connectivity index (χ2v) is 14.0. The minimum Gasteiger partial charge on any atom is -0.291 e. The predicted molar refractivity (Wildman–Crippen MR) is 163 cm³/mol. The molecular formula is C33H35FN6O3S. The maximum atomic E-state index is 14.6. The zero-order chi connectivity index (χ0) is 30.6. The zero-order valence-corrected chi connectivity index (χ0v) is 25.7. The van der Waals surface area contributed by atoms with Crippen molar-refractivity contribution in [2.24, 2.45) is 5.41 Å². The van der Waals surface area contributed by atoms with Gasteiger partial charge in [-0.15, -0.1) is 0 Å². The SMILES string of the molecule is CCN([C@H]1CCC2=Cc3c(cnn3-c3ccc(F)cc3)C[C@]2(C(=O)c2ccc(C3CC3)cn2)C1)S(=O)(=O)c1cnn(CC)c1. The van der Waals surface area contributed by atoms with E-state index in [0.717, 1.165) is 40.9 Å². The summed E-state index contributed by atoms with van der Waals surface area (Å²) in [5, 5.41) is 8.82. The monoisotopic (exact) mass is 614 g/mol. The van der Waals surface area contributed by atoms with Gasteiger partial charge >= 0.3 is 0 Å². The van der Waals surface area contributed by atoms with Crippen LogP contribution in [0.5, 0.6) is 0 Å². The molecule has 2 atom stereocenters. The highest BCUT2D eigenvalue weighted by atomic mass is 32.2. The molecule has 9 nitrogen and oxygen atoms in total. The molecule has 44 heavy (non-hydrogen) atoms. The summed E-state index contributed by atoms with van der Waals surface area (Å²) in [6, 6.07) is 9.61. The lowest BCUT2D eigenvalue weighted by Gasteiger charge is -2.46. The van der Waals surface area contributed by atoms with E-state index in [9.17, 15) is 17.6 Å². The van der Waals surface area contributed by atoms with Gasteiger partial charge in [0.1, 0.15) is 16.4 Å². The lowest BCUT2D eigenvalue weighted by molar-refractivity contribution is 0.0739. The topological polar surface area (TPSA) is 103 Å². The van der Waals surface area contributed by atoms with Crippen LogP contribution in [-0.2, 0) is 23.0 Å². The van der Waals surface area contributed by atoms with Gasteiger partial charge in [0.15, 0.2) is 5.78 Å². The molecule has 3 heterocycles. The molecule has 1 aromatic carbocycles. The van der Waals surface area contributed by atoms with Crippen LogP contribution in [0.2, 0.25) is 0 Å². The normalized spacial score (nSPS) is 21.5. The van der Waals surface area contributed by atoms with Gasteiger partial charge in [-0.2, -0.15) is 14.5 Å². The van der Waals surface area contributed by atoms with Crippen LogP contribution in [0.25, 0.3) is 11.8 Å². The van der Waals surface area contributed by atoms with E-state index in [4.69, 9.17) is 0 Å². The quantitative estimate of drug-likeness (QED) is 0.228. The van der Waals surface area contributed by atoms with E-state index in [-0.39, 0.29) is 23.0 Å². The van der Waals surface area contributed by atoms with Gasteiger partial charge in [-0.05, 0) is 98.9 Å². The third-order valence-corrected chi connectivity index (χ3v) is 11.4. The molecule has 11 heteroatoms. The third-order valence-electron chi connectivity index (χ3n) is 9.47. The summed E-state index contributed by atoms with van der Waals surface area (Å²) in [7, 11) is -3.84. The first-order valence-electron chi connectivity index (χ1n) is 15.3. The molecule has 0 unspecified atom stereocenters. The number of aryl methyl sites for hydroxylation is 1. The lowest BCUT2D eigenvalue weighted by atomic mass is 9.60. The van der Waals surface area contributed by atoms with Gasteiger partial charge in [0, 0.05) is 31.5 Å². The Morgan fingerprint density at radius 2 is 1.84 bits per heavy atom. The van der Waals surface area contributed by atoms with Crippen LogP contribution in [0, 0.1) is 11.2 Å². The van der Waals surface area contributed by atoms with Crippen molar-refractivity contribution >= 4 is 21.9 Å². The number of ketones is 1. The van der Waals surface area contributed by atoms with E-state index in [2.05, 4.69) is 15.2 Å². The summed E-state index contributed by atoms with van der Waals surface area (Å²) < 4.78 is 46.4. The van der Waals surface area contributed by atoms with Crippen molar-refractivity contribution < 1.29 is 17.6 Å². The van der Waals surface area contributed by atoms with Crippen LogP contribution < -0.4 is 0 Å². The van der Waals surface area contributed by atoms with Gasteiger partial charge in [0.2, 0.25) is 10.0 Å². The van der Waals surface area contributed by atoms with Gasteiger partial charge in [-0.25, -0.2) is 17.5 Å². The van der Waals surface area contributed by atoms with Crippen LogP contribution in [0.1, 0.15) is 79.2 Å². The Balaban J connectivity index is 1.29. The summed E-state index contributed by atoms with van der Waals surface area (Å²) >= 11 is 0. The molecule has 3 aromatic heterocycles. The number of carbonyl (C=O) groups excluding carboxylic acids is 1. The van der Waals surface area contributed by atoms with Crippen molar-refractivity contribution in [2.45, 2.75) is 75.8 Å². The second-order valence-electron chi connectivity index (χ2n) is 12.1. The number of aromatic nitrogens is 5. The fourth-order valence-corrected chi connectivity index (χ4v) is 8.59. The van der Waals surface area contributed by atoms with Crippen molar-refractivity contribution in [3.05, 3.63) is 95.1 Å². The maximum Gasteiger partial charge on any atom is 0.246 e. The molecule has 0 radical (unpaired) electrons. The molecule has 0 saturated heterocycles. The van der Waals surface area contributed by atoms with Crippen LogP contribution >= 0.6 is 0 Å². The van der Waals surface area contributed by atoms with E-state index in [1.54, 1.807) is 33.9 Å². The van der Waals surface area contributed by atoms with Gasteiger partial charge in [-0.3, -0.25) is 14.5 Å². The van der Waals surface area contributed by atoms with E-state index < -0.39 is 21.5 Å². The van der Waals surface area contributed by atoms with Crippen LogP contribution in [0.15, 0.2) is 71.7 Å². The lowest BCUT2D eigenvalue weighted by Crippen LogP contribution is -2.50. The van der Waals surface area contributed by atoms with E-state index in [1.165, 1.54) is 22.6 Å². The van der Waals surface area contributed by atoms with Crippen molar-refractivity contribution in [3.8, 4) is 5.69 Å². The van der Waals surface area contributed by atoms with Crippen LogP contribution in [0.3, 0.4) is 0 Å². The van der Waals surface area contributed by atoms with Crippen LogP contribution in [0.4, 0.5) is 4.39 Å². The van der Waals surface area contributed by atoms with E-state index >= 15 is 0 Å². The number of hydrogen-bond donors (Lipinski definition) is 0. The molecule has 3 aliphatic rings. The zero-order valence-electron chi connectivity index (χ0n) is 24.9.